The van der Waals surface area contributed by atoms with Gasteiger partial charge in [-0.15, -0.1) is 10.2 Å². The van der Waals surface area contributed by atoms with Crippen molar-refractivity contribution in [3.63, 3.8) is 0 Å². The van der Waals surface area contributed by atoms with Crippen LogP contribution < -0.4 is 5.32 Å². The van der Waals surface area contributed by atoms with Crippen LogP contribution in [0.4, 0.5) is 10.1 Å². The van der Waals surface area contributed by atoms with Crippen LogP contribution in [0.1, 0.15) is 6.92 Å². The number of nitrogens with zero attached hydrogens (tertiary/aromatic N) is 3. The molecule has 3 rings (SSSR count). The highest BCUT2D eigenvalue weighted by Crippen LogP contribution is 2.27. The molecule has 0 saturated carbocycles. The van der Waals surface area contributed by atoms with Crippen LogP contribution in [0.15, 0.2) is 47.6 Å². The van der Waals surface area contributed by atoms with Crippen LogP contribution in [0.3, 0.4) is 0 Å². The third-order valence-corrected chi connectivity index (χ3v) is 5.21. The Kier molecular flexibility index (Phi) is 6.36. The molecule has 2 aromatic carbocycles. The lowest BCUT2D eigenvalue weighted by molar-refractivity contribution is -0.113. The molecule has 0 aliphatic carbocycles. The molecule has 0 radical (unpaired) electrons. The van der Waals surface area contributed by atoms with E-state index < -0.39 is 0 Å². The predicted molar refractivity (Wildman–Crippen MR) is 107 cm³/mol. The minimum absolute atomic E-state index is 0.0955. The van der Waals surface area contributed by atoms with Crippen LogP contribution in [0, 0.1) is 5.82 Å². The molecule has 140 valence electrons. The summed E-state index contributed by atoms with van der Waals surface area (Å²) in [6.45, 7) is 2.45. The van der Waals surface area contributed by atoms with Gasteiger partial charge in [0.2, 0.25) is 5.91 Å². The van der Waals surface area contributed by atoms with Gasteiger partial charge in [-0.2, -0.15) is 0 Å². The van der Waals surface area contributed by atoms with E-state index in [2.05, 4.69) is 15.5 Å². The summed E-state index contributed by atoms with van der Waals surface area (Å²) in [5, 5.41) is 12.3. The number of halogens is 3. The number of anilines is 1. The average molecular weight is 425 g/mol. The highest BCUT2D eigenvalue weighted by atomic mass is 35.5. The summed E-state index contributed by atoms with van der Waals surface area (Å²) in [5.74, 6) is -0.110. The first kappa shape index (κ1) is 19.7. The summed E-state index contributed by atoms with van der Waals surface area (Å²) in [5.41, 5.74) is 0.813. The monoisotopic (exact) mass is 424 g/mol. The third kappa shape index (κ3) is 4.61. The van der Waals surface area contributed by atoms with Crippen LogP contribution in [-0.4, -0.2) is 26.4 Å². The first-order valence-corrected chi connectivity index (χ1v) is 9.79. The predicted octanol–water partition coefficient (Wildman–Crippen LogP) is 5.14. The minimum Gasteiger partial charge on any atom is -0.324 e. The minimum atomic E-state index is -0.371. The molecule has 0 aliphatic rings. The molecule has 9 heteroatoms. The Bertz CT molecular complexity index is 980. The van der Waals surface area contributed by atoms with Crippen molar-refractivity contribution in [2.24, 2.45) is 0 Å². The van der Waals surface area contributed by atoms with Gasteiger partial charge in [-0.05, 0) is 37.3 Å². The third-order valence-electron chi connectivity index (χ3n) is 3.68. The largest absolute Gasteiger partial charge is 0.324 e. The molecule has 0 bridgehead atoms. The van der Waals surface area contributed by atoms with Crippen molar-refractivity contribution in [3.8, 4) is 11.4 Å². The molecule has 1 amide bonds. The van der Waals surface area contributed by atoms with Gasteiger partial charge in [-0.3, -0.25) is 4.79 Å². The lowest BCUT2D eigenvalue weighted by atomic mass is 10.2. The number of carbonyl (C=O) groups is 1. The van der Waals surface area contributed by atoms with Crippen LogP contribution >= 0.6 is 35.0 Å². The maximum Gasteiger partial charge on any atom is 0.234 e. The maximum atomic E-state index is 14.1. The Morgan fingerprint density at radius 2 is 2.00 bits per heavy atom. The number of hydrogen-bond donors (Lipinski definition) is 1. The zero-order valence-corrected chi connectivity index (χ0v) is 16.6. The summed E-state index contributed by atoms with van der Waals surface area (Å²) in [6, 6.07) is 11.2. The number of rotatable bonds is 6. The zero-order chi connectivity index (χ0) is 19.4. The van der Waals surface area contributed by atoms with E-state index in [0.29, 0.717) is 38.8 Å². The topological polar surface area (TPSA) is 59.8 Å². The Labute approximate surface area is 169 Å². The van der Waals surface area contributed by atoms with Crippen molar-refractivity contribution >= 4 is 46.6 Å². The fourth-order valence-electron chi connectivity index (χ4n) is 2.43. The van der Waals surface area contributed by atoms with Gasteiger partial charge in [0, 0.05) is 11.6 Å². The maximum absolute atomic E-state index is 14.1. The van der Waals surface area contributed by atoms with Crippen LogP contribution in [0.25, 0.3) is 11.4 Å². The number of amides is 1. The summed E-state index contributed by atoms with van der Waals surface area (Å²) in [6.07, 6.45) is 0. The Morgan fingerprint density at radius 1 is 1.22 bits per heavy atom. The van der Waals surface area contributed by atoms with E-state index in [-0.39, 0.29) is 17.5 Å². The van der Waals surface area contributed by atoms with E-state index in [0.717, 1.165) is 0 Å². The molecule has 0 atom stereocenters. The van der Waals surface area contributed by atoms with Crippen LogP contribution in [0.5, 0.6) is 0 Å². The van der Waals surface area contributed by atoms with Gasteiger partial charge < -0.3 is 9.88 Å². The first-order chi connectivity index (χ1) is 13.0. The molecule has 0 aliphatic heterocycles. The lowest BCUT2D eigenvalue weighted by Crippen LogP contribution is -2.15. The Balaban J connectivity index is 1.72. The van der Waals surface area contributed by atoms with Crippen molar-refractivity contribution in [3.05, 3.63) is 58.3 Å². The van der Waals surface area contributed by atoms with Crippen molar-refractivity contribution in [2.45, 2.75) is 18.6 Å². The molecule has 0 saturated heterocycles. The SMILES string of the molecule is CCn1c(SCC(=O)Nc2cc(Cl)ccc2Cl)nnc1-c1ccccc1F. The van der Waals surface area contributed by atoms with E-state index in [4.69, 9.17) is 23.2 Å². The number of thioether (sulfide) groups is 1. The Hall–Kier alpha value is -2.09. The van der Waals surface area contributed by atoms with E-state index in [1.54, 1.807) is 41.0 Å². The standard InChI is InChI=1S/C18H15Cl2FN4OS/c1-2-25-17(12-5-3-4-6-14(12)21)23-24-18(25)27-10-16(26)22-15-9-11(19)7-8-13(15)20/h3-9H,2,10H2,1H3,(H,22,26). The molecule has 5 nitrogen and oxygen atoms in total. The van der Waals surface area contributed by atoms with E-state index >= 15 is 0 Å². The molecule has 0 unspecified atom stereocenters. The molecular formula is C18H15Cl2FN4OS. The van der Waals surface area contributed by atoms with E-state index in [9.17, 15) is 9.18 Å². The molecule has 1 N–H and O–H groups in total. The summed E-state index contributed by atoms with van der Waals surface area (Å²) in [7, 11) is 0. The number of carbonyl (C=O) groups excluding carboxylic acids is 1. The highest BCUT2D eigenvalue weighted by molar-refractivity contribution is 7.99. The first-order valence-electron chi connectivity index (χ1n) is 8.05. The van der Waals surface area contributed by atoms with Gasteiger partial charge in [0.1, 0.15) is 5.82 Å². The molecule has 1 aromatic heterocycles. The van der Waals surface area contributed by atoms with Gasteiger partial charge in [0.25, 0.3) is 0 Å². The van der Waals surface area contributed by atoms with Gasteiger partial charge in [0.15, 0.2) is 11.0 Å². The second-order valence-corrected chi connectivity index (χ2v) is 7.28. The molecule has 3 aromatic rings. The average Bonchev–Trinajstić information content (AvgIpc) is 3.06. The van der Waals surface area contributed by atoms with Crippen molar-refractivity contribution in [2.75, 3.05) is 11.1 Å². The number of aromatic nitrogens is 3. The Morgan fingerprint density at radius 3 is 2.74 bits per heavy atom. The van der Waals surface area contributed by atoms with E-state index in [1.165, 1.54) is 17.8 Å². The van der Waals surface area contributed by atoms with Crippen molar-refractivity contribution < 1.29 is 9.18 Å². The molecule has 0 fully saturated rings. The van der Waals surface area contributed by atoms with Crippen LogP contribution in [-0.2, 0) is 11.3 Å². The molecule has 0 spiro atoms. The van der Waals surface area contributed by atoms with Crippen LogP contribution in [0.2, 0.25) is 10.0 Å². The fourth-order valence-corrected chi connectivity index (χ4v) is 3.57. The molecular weight excluding hydrogens is 410 g/mol. The second kappa shape index (κ2) is 8.73. The van der Waals surface area contributed by atoms with E-state index in [1.807, 2.05) is 6.92 Å². The number of hydrogen-bond acceptors (Lipinski definition) is 4. The number of benzene rings is 2. The lowest BCUT2D eigenvalue weighted by Gasteiger charge is -2.09. The van der Waals surface area contributed by atoms with Gasteiger partial charge in [-0.1, -0.05) is 47.1 Å². The fraction of sp³-hybridized carbons (Fsp3) is 0.167. The quantitative estimate of drug-likeness (QED) is 0.556. The normalized spacial score (nSPS) is 10.8. The molecule has 27 heavy (non-hydrogen) atoms. The summed E-state index contributed by atoms with van der Waals surface area (Å²) < 4.78 is 15.8. The summed E-state index contributed by atoms with van der Waals surface area (Å²) in [4.78, 5) is 12.2. The van der Waals surface area contributed by atoms with Gasteiger partial charge in [0.05, 0.1) is 22.0 Å². The number of nitrogens with one attached hydrogen (secondary N) is 1. The van der Waals surface area contributed by atoms with Crippen molar-refractivity contribution in [1.82, 2.24) is 14.8 Å². The summed E-state index contributed by atoms with van der Waals surface area (Å²) >= 11 is 13.2. The van der Waals surface area contributed by atoms with Crippen molar-refractivity contribution in [1.29, 1.82) is 0 Å². The zero-order valence-electron chi connectivity index (χ0n) is 14.2. The van der Waals surface area contributed by atoms with Gasteiger partial charge in [-0.25, -0.2) is 4.39 Å². The highest BCUT2D eigenvalue weighted by Gasteiger charge is 2.17. The smallest absolute Gasteiger partial charge is 0.234 e. The second-order valence-electron chi connectivity index (χ2n) is 5.49. The molecule has 1 heterocycles. The van der Waals surface area contributed by atoms with Gasteiger partial charge >= 0.3 is 0 Å².